The largest absolute Gasteiger partial charge is 0.573 e. The van der Waals surface area contributed by atoms with Gasteiger partial charge in [-0.3, -0.25) is 0 Å². The van der Waals surface area contributed by atoms with Crippen molar-refractivity contribution < 1.29 is 32.5 Å². The predicted octanol–water partition coefficient (Wildman–Crippen LogP) is 4.87. The van der Waals surface area contributed by atoms with Gasteiger partial charge in [0, 0.05) is 5.52 Å². The topological polar surface area (TPSA) is 65.0 Å². The van der Waals surface area contributed by atoms with E-state index in [1.54, 1.807) is 22.8 Å². The molecule has 0 aliphatic heterocycles. The van der Waals surface area contributed by atoms with Gasteiger partial charge in [-0.05, 0) is 47.9 Å². The highest BCUT2D eigenvalue weighted by Gasteiger charge is 2.30. The number of rotatable bonds is 6. The second-order valence-electron chi connectivity index (χ2n) is 5.71. The predicted molar refractivity (Wildman–Crippen MR) is 93.8 cm³/mol. The minimum atomic E-state index is -4.77. The molecule has 0 bridgehead atoms. The van der Waals surface area contributed by atoms with E-state index in [0.717, 1.165) is 12.1 Å². The molecule has 0 aliphatic rings. The summed E-state index contributed by atoms with van der Waals surface area (Å²) in [5.74, 6) is -1.16. The number of hydrogen-bond donors (Lipinski definition) is 1. The summed E-state index contributed by atoms with van der Waals surface area (Å²) in [6.07, 6.45) is -4.77. The average Bonchev–Trinajstić information content (AvgIpc) is 3.00. The Kier molecular flexibility index (Phi) is 5.13. The Bertz CT molecular complexity index is 1050. The van der Waals surface area contributed by atoms with Gasteiger partial charge in [0.1, 0.15) is 23.8 Å². The first kappa shape index (κ1) is 19.1. The summed E-state index contributed by atoms with van der Waals surface area (Å²) < 4.78 is 47.3. The van der Waals surface area contributed by atoms with Crippen molar-refractivity contribution in [3.05, 3.63) is 65.6 Å². The van der Waals surface area contributed by atoms with E-state index in [4.69, 9.17) is 11.3 Å². The Morgan fingerprint density at radius 3 is 2.39 bits per heavy atom. The molecule has 28 heavy (non-hydrogen) atoms. The summed E-state index contributed by atoms with van der Waals surface area (Å²) in [4.78, 5) is 14.8. The number of carboxylic acids is 1. The van der Waals surface area contributed by atoms with Gasteiger partial charge in [0.05, 0.1) is 13.1 Å². The fraction of sp³-hybridized carbons (Fsp3) is 0.158. The van der Waals surface area contributed by atoms with Crippen LogP contribution in [0, 0.1) is 6.57 Å². The Balaban J connectivity index is 1.72. The molecule has 2 aromatic carbocycles. The number of carboxylic acid groups (broad SMARTS) is 1. The van der Waals surface area contributed by atoms with Gasteiger partial charge in [0.2, 0.25) is 0 Å². The molecule has 0 spiro atoms. The van der Waals surface area contributed by atoms with Crippen LogP contribution in [0.4, 0.5) is 18.9 Å². The summed E-state index contributed by atoms with van der Waals surface area (Å²) >= 11 is 0. The fourth-order valence-corrected chi connectivity index (χ4v) is 2.74. The van der Waals surface area contributed by atoms with Crippen molar-refractivity contribution in [1.29, 1.82) is 0 Å². The van der Waals surface area contributed by atoms with Crippen molar-refractivity contribution in [3.63, 3.8) is 0 Å². The minimum Gasteiger partial charge on any atom is -0.492 e. The van der Waals surface area contributed by atoms with E-state index < -0.39 is 12.3 Å². The van der Waals surface area contributed by atoms with Crippen LogP contribution in [0.1, 0.15) is 10.5 Å². The van der Waals surface area contributed by atoms with Crippen molar-refractivity contribution in [3.8, 4) is 11.5 Å². The molecule has 0 aliphatic carbocycles. The van der Waals surface area contributed by atoms with E-state index in [9.17, 15) is 23.1 Å². The van der Waals surface area contributed by atoms with Gasteiger partial charge in [-0.25, -0.2) is 9.64 Å². The van der Waals surface area contributed by atoms with Crippen LogP contribution >= 0.6 is 0 Å². The maximum Gasteiger partial charge on any atom is 0.573 e. The monoisotopic (exact) mass is 390 g/mol. The fourth-order valence-electron chi connectivity index (χ4n) is 2.74. The number of hydrogen-bond acceptors (Lipinski definition) is 3. The smallest absolute Gasteiger partial charge is 0.492 e. The second-order valence-corrected chi connectivity index (χ2v) is 5.71. The molecule has 0 amide bonds. The van der Waals surface area contributed by atoms with Crippen LogP contribution in [0.3, 0.4) is 0 Å². The van der Waals surface area contributed by atoms with Crippen molar-refractivity contribution in [2.45, 2.75) is 12.9 Å². The molecule has 6 nitrogen and oxygen atoms in total. The lowest BCUT2D eigenvalue weighted by molar-refractivity contribution is -0.274. The number of aromatic carboxylic acids is 1. The molecule has 0 radical (unpaired) electrons. The van der Waals surface area contributed by atoms with Gasteiger partial charge >= 0.3 is 12.3 Å². The first-order valence-corrected chi connectivity index (χ1v) is 7.99. The van der Waals surface area contributed by atoms with E-state index in [-0.39, 0.29) is 24.6 Å². The summed E-state index contributed by atoms with van der Waals surface area (Å²) in [5, 5.41) is 10.0. The minimum absolute atomic E-state index is 0.0506. The highest BCUT2D eigenvalue weighted by atomic mass is 19.4. The molecule has 9 heteroatoms. The van der Waals surface area contributed by atoms with Crippen LogP contribution in [0.25, 0.3) is 15.7 Å². The van der Waals surface area contributed by atoms with E-state index in [1.807, 2.05) is 0 Å². The lowest BCUT2D eigenvalue weighted by atomic mass is 10.2. The lowest BCUT2D eigenvalue weighted by Crippen LogP contribution is -2.17. The zero-order chi connectivity index (χ0) is 20.3. The Labute approximate surface area is 157 Å². The van der Waals surface area contributed by atoms with Crippen LogP contribution < -0.4 is 9.47 Å². The summed E-state index contributed by atoms with van der Waals surface area (Å²) in [5.41, 5.74) is 1.09. The van der Waals surface area contributed by atoms with Gasteiger partial charge in [0.15, 0.2) is 5.69 Å². The number of nitrogens with zero attached hydrogens (tertiary/aromatic N) is 2. The summed E-state index contributed by atoms with van der Waals surface area (Å²) in [7, 11) is 0. The molecule has 1 N–H and O–H groups in total. The molecular weight excluding hydrogens is 377 g/mol. The number of benzene rings is 2. The van der Waals surface area contributed by atoms with E-state index in [2.05, 4.69) is 9.58 Å². The number of carbonyl (C=O) groups is 1. The third-order valence-corrected chi connectivity index (χ3v) is 3.87. The summed E-state index contributed by atoms with van der Waals surface area (Å²) in [6, 6.07) is 11.3. The number of aromatic nitrogens is 1. The molecule has 0 saturated carbocycles. The molecule has 1 heterocycles. The number of ether oxygens (including phenoxy) is 2. The van der Waals surface area contributed by atoms with E-state index >= 15 is 0 Å². The van der Waals surface area contributed by atoms with Crippen LogP contribution in [-0.2, 0) is 6.54 Å². The molecule has 3 aromatic rings. The SMILES string of the molecule is [C-]#[N+]c1ccc2c(c1)cc(C(=O)O)n2CCOc1ccc(OC(F)(F)F)cc1. The van der Waals surface area contributed by atoms with Crippen LogP contribution in [0.15, 0.2) is 48.5 Å². The highest BCUT2D eigenvalue weighted by molar-refractivity contribution is 5.95. The number of alkyl halides is 3. The average molecular weight is 390 g/mol. The van der Waals surface area contributed by atoms with Crippen molar-refractivity contribution in [1.82, 2.24) is 4.57 Å². The molecule has 0 unspecified atom stereocenters. The van der Waals surface area contributed by atoms with Gasteiger partial charge in [-0.15, -0.1) is 13.2 Å². The van der Waals surface area contributed by atoms with Gasteiger partial charge in [-0.2, -0.15) is 0 Å². The van der Waals surface area contributed by atoms with Gasteiger partial charge in [-0.1, -0.05) is 6.07 Å². The van der Waals surface area contributed by atoms with Crippen molar-refractivity contribution in [2.24, 2.45) is 0 Å². The maximum absolute atomic E-state index is 12.2. The molecule has 1 aromatic heterocycles. The Morgan fingerprint density at radius 1 is 1.11 bits per heavy atom. The molecule has 0 atom stereocenters. The first-order valence-electron chi connectivity index (χ1n) is 7.99. The van der Waals surface area contributed by atoms with Crippen molar-refractivity contribution >= 4 is 22.6 Å². The van der Waals surface area contributed by atoms with Crippen LogP contribution in [0.2, 0.25) is 0 Å². The van der Waals surface area contributed by atoms with Crippen molar-refractivity contribution in [2.75, 3.05) is 6.61 Å². The quantitative estimate of drug-likeness (QED) is 0.610. The highest BCUT2D eigenvalue weighted by Crippen LogP contribution is 2.26. The standard InChI is InChI=1S/C19H13F3N2O4/c1-23-13-2-7-16-12(10-13)11-17(18(25)26)24(16)8-9-27-14-3-5-15(6-4-14)28-19(20,21)22/h2-7,10-11H,8-9H2,(H,25,26). The van der Waals surface area contributed by atoms with Gasteiger partial charge in [0.25, 0.3) is 0 Å². The van der Waals surface area contributed by atoms with Crippen LogP contribution in [0.5, 0.6) is 11.5 Å². The van der Waals surface area contributed by atoms with E-state index in [0.29, 0.717) is 22.3 Å². The zero-order valence-corrected chi connectivity index (χ0v) is 14.2. The first-order chi connectivity index (χ1) is 13.3. The number of halogens is 3. The van der Waals surface area contributed by atoms with E-state index in [1.165, 1.54) is 18.2 Å². The Hall–Kier alpha value is -3.67. The third-order valence-electron chi connectivity index (χ3n) is 3.87. The zero-order valence-electron chi connectivity index (χ0n) is 14.2. The molecule has 3 rings (SSSR count). The Morgan fingerprint density at radius 2 is 1.79 bits per heavy atom. The van der Waals surface area contributed by atoms with Gasteiger partial charge < -0.3 is 19.1 Å². The molecule has 0 fully saturated rings. The summed E-state index contributed by atoms with van der Waals surface area (Å²) in [6.45, 7) is 7.33. The number of fused-ring (bicyclic) bond motifs is 1. The second kappa shape index (κ2) is 7.52. The maximum atomic E-state index is 12.2. The van der Waals surface area contributed by atoms with Crippen LogP contribution in [-0.4, -0.2) is 28.6 Å². The molecule has 144 valence electrons. The normalized spacial score (nSPS) is 11.2. The lowest BCUT2D eigenvalue weighted by Gasteiger charge is -2.12. The third kappa shape index (κ3) is 4.35. The molecular formula is C19H13F3N2O4. The molecule has 0 saturated heterocycles.